The minimum Gasteiger partial charge on any atom is -0.508 e. The van der Waals surface area contributed by atoms with Gasteiger partial charge in [-0.3, -0.25) is 9.59 Å². The highest BCUT2D eigenvalue weighted by Crippen LogP contribution is 2.12. The van der Waals surface area contributed by atoms with Gasteiger partial charge in [0, 0.05) is 26.3 Å². The lowest BCUT2D eigenvalue weighted by atomic mass is 10.0. The molecule has 0 bridgehead atoms. The Bertz CT molecular complexity index is 654. The number of aromatic hydroxyl groups is 1. The highest BCUT2D eigenvalue weighted by Gasteiger charge is 2.26. The van der Waals surface area contributed by atoms with Crippen LogP contribution in [0.2, 0.25) is 0 Å². The number of nitrogens with one attached hydrogen (secondary N) is 1. The van der Waals surface area contributed by atoms with Gasteiger partial charge in [-0.2, -0.15) is 5.10 Å². The summed E-state index contributed by atoms with van der Waals surface area (Å²) in [6, 6.07) is 4.94. The van der Waals surface area contributed by atoms with Crippen LogP contribution in [0.5, 0.6) is 5.75 Å². The summed E-state index contributed by atoms with van der Waals surface area (Å²) in [5.74, 6) is -1.89. The van der Waals surface area contributed by atoms with Crippen LogP contribution in [0.3, 0.4) is 0 Å². The standard InChI is InChI=1S/C15H17N3O5/c1-18-13(20)7-6-11(17-18)14(21)16-12(15(22)23)8-9-2-4-10(19)5-3-9/h2-5,12,19H,6-8H2,1H3,(H,16,21)(H,22,23)/t12-/m0/s1. The maximum Gasteiger partial charge on any atom is 0.326 e. The predicted molar refractivity (Wildman–Crippen MR) is 80.8 cm³/mol. The van der Waals surface area contributed by atoms with E-state index in [9.17, 15) is 24.6 Å². The third kappa shape index (κ3) is 4.29. The van der Waals surface area contributed by atoms with Crippen LogP contribution in [0.15, 0.2) is 29.4 Å². The number of phenols is 1. The first-order chi connectivity index (χ1) is 10.9. The SMILES string of the molecule is CN1N=C(C(=O)N[C@@H](Cc2ccc(O)cc2)C(=O)O)CCC1=O. The van der Waals surface area contributed by atoms with E-state index in [-0.39, 0.29) is 36.6 Å². The maximum atomic E-state index is 12.1. The van der Waals surface area contributed by atoms with Crippen LogP contribution >= 0.6 is 0 Å². The Balaban J connectivity index is 2.06. The minimum absolute atomic E-state index is 0.0728. The number of aliphatic carboxylic acids is 1. The van der Waals surface area contributed by atoms with Gasteiger partial charge in [0.15, 0.2) is 0 Å². The molecule has 0 fully saturated rings. The van der Waals surface area contributed by atoms with E-state index in [2.05, 4.69) is 10.4 Å². The van der Waals surface area contributed by atoms with Crippen LogP contribution < -0.4 is 5.32 Å². The molecule has 0 saturated heterocycles. The lowest BCUT2D eigenvalue weighted by molar-refractivity contribution is -0.141. The molecule has 0 unspecified atom stereocenters. The van der Waals surface area contributed by atoms with Gasteiger partial charge in [0.25, 0.3) is 5.91 Å². The van der Waals surface area contributed by atoms with Crippen LogP contribution in [0, 0.1) is 0 Å². The van der Waals surface area contributed by atoms with Crippen LogP contribution in [0.25, 0.3) is 0 Å². The maximum absolute atomic E-state index is 12.1. The third-order valence-corrected chi connectivity index (χ3v) is 3.45. The number of carbonyl (C=O) groups is 3. The van der Waals surface area contributed by atoms with Crippen molar-refractivity contribution in [3.05, 3.63) is 29.8 Å². The zero-order chi connectivity index (χ0) is 17.0. The molecule has 8 nitrogen and oxygen atoms in total. The van der Waals surface area contributed by atoms with E-state index in [1.165, 1.54) is 19.2 Å². The van der Waals surface area contributed by atoms with Crippen LogP contribution in [0.1, 0.15) is 18.4 Å². The largest absolute Gasteiger partial charge is 0.508 e. The number of carbonyl (C=O) groups excluding carboxylic acids is 2. The monoisotopic (exact) mass is 319 g/mol. The lowest BCUT2D eigenvalue weighted by Gasteiger charge is -2.20. The Labute approximate surface area is 132 Å². The quantitative estimate of drug-likeness (QED) is 0.712. The van der Waals surface area contributed by atoms with Gasteiger partial charge < -0.3 is 15.5 Å². The molecule has 2 rings (SSSR count). The number of rotatable bonds is 5. The number of phenolic OH excluding ortho intramolecular Hbond substituents is 1. The second-order valence-corrected chi connectivity index (χ2v) is 5.20. The number of hydrazone groups is 1. The third-order valence-electron chi connectivity index (χ3n) is 3.45. The molecular weight excluding hydrogens is 302 g/mol. The van der Waals surface area contributed by atoms with Gasteiger partial charge in [0.1, 0.15) is 17.5 Å². The molecule has 0 aliphatic carbocycles. The Kier molecular flexibility index (Phi) is 4.95. The summed E-state index contributed by atoms with van der Waals surface area (Å²) in [5, 5.41) is 25.8. The second-order valence-electron chi connectivity index (χ2n) is 5.20. The summed E-state index contributed by atoms with van der Waals surface area (Å²) in [7, 11) is 1.44. The summed E-state index contributed by atoms with van der Waals surface area (Å²) in [4.78, 5) is 34.8. The van der Waals surface area contributed by atoms with Crippen molar-refractivity contribution in [2.75, 3.05) is 7.05 Å². The van der Waals surface area contributed by atoms with E-state index in [1.54, 1.807) is 12.1 Å². The molecule has 0 radical (unpaired) electrons. The van der Waals surface area contributed by atoms with Crippen LogP contribution in [-0.4, -0.2) is 51.8 Å². The Morgan fingerprint density at radius 3 is 2.52 bits per heavy atom. The summed E-state index contributed by atoms with van der Waals surface area (Å²) in [5.41, 5.74) is 0.789. The summed E-state index contributed by atoms with van der Waals surface area (Å²) < 4.78 is 0. The highest BCUT2D eigenvalue weighted by molar-refractivity contribution is 6.39. The molecule has 1 heterocycles. The minimum atomic E-state index is -1.17. The number of hydrogen-bond donors (Lipinski definition) is 3. The molecule has 1 aromatic rings. The summed E-state index contributed by atoms with van der Waals surface area (Å²) in [6.45, 7) is 0. The van der Waals surface area contributed by atoms with Gasteiger partial charge in [-0.25, -0.2) is 9.80 Å². The van der Waals surface area contributed by atoms with Crippen LogP contribution in [-0.2, 0) is 20.8 Å². The zero-order valence-corrected chi connectivity index (χ0v) is 12.5. The van der Waals surface area contributed by atoms with Gasteiger partial charge in [-0.1, -0.05) is 12.1 Å². The van der Waals surface area contributed by atoms with Gasteiger partial charge >= 0.3 is 5.97 Å². The van der Waals surface area contributed by atoms with E-state index < -0.39 is 17.9 Å². The van der Waals surface area contributed by atoms with E-state index in [0.717, 1.165) is 5.01 Å². The van der Waals surface area contributed by atoms with Crippen LogP contribution in [0.4, 0.5) is 0 Å². The molecule has 0 aromatic heterocycles. The molecule has 1 aromatic carbocycles. The van der Waals surface area contributed by atoms with Gasteiger partial charge in [-0.15, -0.1) is 0 Å². The summed E-state index contributed by atoms with van der Waals surface area (Å²) in [6.07, 6.45) is 0.419. The zero-order valence-electron chi connectivity index (χ0n) is 12.5. The average Bonchev–Trinajstić information content (AvgIpc) is 2.51. The average molecular weight is 319 g/mol. The van der Waals surface area contributed by atoms with Crippen molar-refractivity contribution >= 4 is 23.5 Å². The molecule has 3 N–H and O–H groups in total. The fourth-order valence-electron chi connectivity index (χ4n) is 2.14. The predicted octanol–water partition coefficient (Wildman–Crippen LogP) is 0.112. The van der Waals surface area contributed by atoms with E-state index in [4.69, 9.17) is 0 Å². The molecule has 1 atom stereocenters. The van der Waals surface area contributed by atoms with Crippen molar-refractivity contribution in [3.8, 4) is 5.75 Å². The smallest absolute Gasteiger partial charge is 0.326 e. The van der Waals surface area contributed by atoms with Crippen molar-refractivity contribution < 1.29 is 24.6 Å². The van der Waals surface area contributed by atoms with E-state index in [1.807, 2.05) is 0 Å². The first kappa shape index (κ1) is 16.5. The van der Waals surface area contributed by atoms with Crippen molar-refractivity contribution in [2.24, 2.45) is 5.10 Å². The molecular formula is C15H17N3O5. The normalized spacial score (nSPS) is 15.8. The number of nitrogens with zero attached hydrogens (tertiary/aromatic N) is 2. The molecule has 122 valence electrons. The topological polar surface area (TPSA) is 119 Å². The Morgan fingerprint density at radius 2 is 1.96 bits per heavy atom. The molecule has 2 amide bonds. The first-order valence-electron chi connectivity index (χ1n) is 7.02. The fraction of sp³-hybridized carbons (Fsp3) is 0.333. The van der Waals surface area contributed by atoms with Crippen molar-refractivity contribution in [1.29, 1.82) is 0 Å². The van der Waals surface area contributed by atoms with E-state index in [0.29, 0.717) is 5.56 Å². The second kappa shape index (κ2) is 6.91. The molecule has 1 aliphatic heterocycles. The van der Waals surface area contributed by atoms with Crippen molar-refractivity contribution in [1.82, 2.24) is 10.3 Å². The van der Waals surface area contributed by atoms with Gasteiger partial charge in [0.2, 0.25) is 5.91 Å². The molecule has 23 heavy (non-hydrogen) atoms. The number of hydrogen-bond acceptors (Lipinski definition) is 5. The van der Waals surface area contributed by atoms with Gasteiger partial charge in [0.05, 0.1) is 0 Å². The Morgan fingerprint density at radius 1 is 1.30 bits per heavy atom. The summed E-state index contributed by atoms with van der Waals surface area (Å²) >= 11 is 0. The number of carboxylic acid groups (broad SMARTS) is 1. The van der Waals surface area contributed by atoms with Gasteiger partial charge in [-0.05, 0) is 17.7 Å². The Hall–Kier alpha value is -2.90. The fourth-order valence-corrected chi connectivity index (χ4v) is 2.14. The highest BCUT2D eigenvalue weighted by atomic mass is 16.4. The van der Waals surface area contributed by atoms with E-state index >= 15 is 0 Å². The van der Waals surface area contributed by atoms with Crippen molar-refractivity contribution in [3.63, 3.8) is 0 Å². The van der Waals surface area contributed by atoms with Crippen molar-refractivity contribution in [2.45, 2.75) is 25.3 Å². The molecule has 1 aliphatic rings. The molecule has 0 spiro atoms. The number of carboxylic acids is 1. The molecule has 8 heteroatoms. The molecule has 0 saturated carbocycles. The number of benzene rings is 1. The lowest BCUT2D eigenvalue weighted by Crippen LogP contribution is -2.46. The first-order valence-corrected chi connectivity index (χ1v) is 7.02. The number of amides is 2.